The van der Waals surface area contributed by atoms with E-state index >= 15 is 0 Å². The van der Waals surface area contributed by atoms with Crippen molar-refractivity contribution >= 4 is 17.6 Å². The lowest BCUT2D eigenvalue weighted by Gasteiger charge is -2.28. The number of rotatable bonds is 37. The van der Waals surface area contributed by atoms with Crippen molar-refractivity contribution in [1.82, 2.24) is 20.4 Å². The summed E-state index contributed by atoms with van der Waals surface area (Å²) in [5, 5.41) is 38.8. The average molecular weight is 763 g/mol. The van der Waals surface area contributed by atoms with Crippen LogP contribution in [0.2, 0.25) is 12.1 Å². The Morgan fingerprint density at radius 1 is 0.540 bits per heavy atom. The van der Waals surface area contributed by atoms with Crippen LogP contribution in [0, 0.1) is 5.92 Å². The molecular formula is C32H74N4O12Si2. The van der Waals surface area contributed by atoms with E-state index in [1.165, 1.54) is 12.8 Å². The number of aliphatic hydroxyl groups excluding tert-OH is 3. The lowest BCUT2D eigenvalue weighted by molar-refractivity contribution is -0.0101. The summed E-state index contributed by atoms with van der Waals surface area (Å²) >= 11 is 0. The molecule has 0 fully saturated rings. The maximum Gasteiger partial charge on any atom is 0.492 e. The van der Waals surface area contributed by atoms with Gasteiger partial charge in [0.25, 0.3) is 0 Å². The van der Waals surface area contributed by atoms with Crippen LogP contribution in [-0.2, 0) is 14.2 Å². The maximum atomic E-state index is 10.7. The van der Waals surface area contributed by atoms with Crippen molar-refractivity contribution in [1.29, 1.82) is 0 Å². The molecular weight excluding hydrogens is 689 g/mol. The normalized spacial score (nSPS) is 15.2. The molecule has 0 saturated heterocycles. The Labute approximate surface area is 303 Å². The lowest BCUT2D eigenvalue weighted by atomic mass is 10.0. The number of nitrogens with one attached hydrogen (secondary N) is 2. The zero-order valence-electron chi connectivity index (χ0n) is 31.1. The largest absolute Gasteiger partial charge is 0.492 e. The minimum atomic E-state index is -4.12. The topological polar surface area (TPSA) is 240 Å². The first-order valence-electron chi connectivity index (χ1n) is 18.7. The standard InChI is InChI=1S/C32H74N4O12Si2/c1-4-7-10-29(6-3)25-48-28-30(37)22-35(15-12-33-11-5-2)16-13-34-14-17-36(23-31(38)26-46-18-8-20-49(40,41)42)24-32(39)27-47-19-9-21-50(43,44)45/h29-34,37-45H,4-28H2,1-3H3. The van der Waals surface area contributed by atoms with E-state index in [1.807, 2.05) is 4.90 Å². The molecule has 50 heavy (non-hydrogen) atoms. The van der Waals surface area contributed by atoms with Gasteiger partial charge in [0.15, 0.2) is 0 Å². The molecule has 0 amide bonds. The average Bonchev–Trinajstić information content (AvgIpc) is 3.02. The van der Waals surface area contributed by atoms with Crippen LogP contribution in [0.1, 0.15) is 65.7 Å². The first-order chi connectivity index (χ1) is 23.7. The molecule has 4 unspecified atom stereocenters. The molecule has 0 aliphatic heterocycles. The van der Waals surface area contributed by atoms with Crippen LogP contribution in [0.15, 0.2) is 0 Å². The van der Waals surface area contributed by atoms with Gasteiger partial charge in [0.2, 0.25) is 0 Å². The Morgan fingerprint density at radius 3 is 1.42 bits per heavy atom. The number of hydrogen-bond donors (Lipinski definition) is 11. The fourth-order valence-corrected chi connectivity index (χ4v) is 6.51. The molecule has 0 saturated carbocycles. The molecule has 0 aromatic carbocycles. The van der Waals surface area contributed by atoms with Crippen molar-refractivity contribution in [3.05, 3.63) is 0 Å². The van der Waals surface area contributed by atoms with Crippen molar-refractivity contribution in [2.45, 2.75) is 96.1 Å². The van der Waals surface area contributed by atoms with E-state index in [0.717, 1.165) is 38.9 Å². The molecule has 0 aliphatic carbocycles. The van der Waals surface area contributed by atoms with Crippen LogP contribution in [0.3, 0.4) is 0 Å². The van der Waals surface area contributed by atoms with Crippen LogP contribution in [0.25, 0.3) is 0 Å². The van der Waals surface area contributed by atoms with Gasteiger partial charge in [-0.25, -0.2) is 0 Å². The SMILES string of the molecule is CCCCC(CC)COCC(O)CN(CCNCCC)CCNCCN(CC(O)COCCC[Si](O)(O)O)CC(O)COCCC[Si](O)(O)O. The highest BCUT2D eigenvalue weighted by atomic mass is 28.4. The number of nitrogens with zero attached hydrogens (tertiary/aromatic N) is 2. The van der Waals surface area contributed by atoms with Crippen molar-refractivity contribution in [3.63, 3.8) is 0 Å². The summed E-state index contributed by atoms with van der Waals surface area (Å²) in [4.78, 5) is 58.9. The Bertz CT molecular complexity index is 727. The van der Waals surface area contributed by atoms with Crippen molar-refractivity contribution in [3.8, 4) is 0 Å². The van der Waals surface area contributed by atoms with Crippen LogP contribution >= 0.6 is 0 Å². The van der Waals surface area contributed by atoms with Gasteiger partial charge in [-0.05, 0) is 38.1 Å². The molecule has 0 heterocycles. The molecule has 0 aliphatic rings. The van der Waals surface area contributed by atoms with E-state index in [4.69, 9.17) is 43.0 Å². The lowest BCUT2D eigenvalue weighted by Crippen LogP contribution is -2.45. The van der Waals surface area contributed by atoms with Crippen molar-refractivity contribution < 1.29 is 58.3 Å². The van der Waals surface area contributed by atoms with Gasteiger partial charge in [-0.15, -0.1) is 0 Å². The molecule has 0 bridgehead atoms. The summed E-state index contributed by atoms with van der Waals surface area (Å²) in [6, 6.07) is -0.299. The van der Waals surface area contributed by atoms with Gasteiger partial charge in [0.05, 0.1) is 38.1 Å². The van der Waals surface area contributed by atoms with Gasteiger partial charge < -0.3 is 68.9 Å². The first kappa shape index (κ1) is 49.8. The fraction of sp³-hybridized carbons (Fsp3) is 1.00. The summed E-state index contributed by atoms with van der Waals surface area (Å²) < 4.78 is 16.8. The third kappa shape index (κ3) is 33.6. The smallest absolute Gasteiger partial charge is 0.390 e. The van der Waals surface area contributed by atoms with E-state index in [2.05, 4.69) is 36.3 Å². The third-order valence-electron chi connectivity index (χ3n) is 8.08. The summed E-state index contributed by atoms with van der Waals surface area (Å²) in [5.41, 5.74) is 0. The summed E-state index contributed by atoms with van der Waals surface area (Å²) in [5.74, 6) is 0.522. The van der Waals surface area contributed by atoms with E-state index in [9.17, 15) is 15.3 Å². The van der Waals surface area contributed by atoms with Gasteiger partial charge >= 0.3 is 17.6 Å². The molecule has 0 rings (SSSR count). The monoisotopic (exact) mass is 762 g/mol. The fourth-order valence-electron chi connectivity index (χ4n) is 5.27. The quantitative estimate of drug-likeness (QED) is 0.0246. The van der Waals surface area contributed by atoms with Crippen molar-refractivity contribution in [2.75, 3.05) is 105 Å². The minimum Gasteiger partial charge on any atom is -0.390 e. The molecule has 0 spiro atoms. The Kier molecular flexibility index (Phi) is 31.0. The molecule has 4 atom stereocenters. The molecule has 0 aromatic heterocycles. The highest BCUT2D eigenvalue weighted by Crippen LogP contribution is 2.13. The molecule has 0 radical (unpaired) electrons. The van der Waals surface area contributed by atoms with E-state index in [0.29, 0.717) is 51.9 Å². The van der Waals surface area contributed by atoms with E-state index in [-0.39, 0.29) is 64.4 Å². The second kappa shape index (κ2) is 31.2. The van der Waals surface area contributed by atoms with Gasteiger partial charge in [0.1, 0.15) is 0 Å². The second-order valence-corrected chi connectivity index (χ2v) is 17.5. The summed E-state index contributed by atoms with van der Waals surface area (Å²) in [6.45, 7) is 13.6. The molecule has 0 aromatic rings. The third-order valence-corrected chi connectivity index (χ3v) is 10.1. The highest BCUT2D eigenvalue weighted by molar-refractivity contribution is 6.56. The number of unbranched alkanes of at least 4 members (excludes halogenated alkanes) is 1. The van der Waals surface area contributed by atoms with Crippen LogP contribution in [0.5, 0.6) is 0 Å². The summed E-state index contributed by atoms with van der Waals surface area (Å²) in [6.07, 6.45) is 3.76. The zero-order valence-corrected chi connectivity index (χ0v) is 33.1. The van der Waals surface area contributed by atoms with Crippen molar-refractivity contribution in [2.24, 2.45) is 5.92 Å². The van der Waals surface area contributed by atoms with Gasteiger partial charge in [-0.2, -0.15) is 0 Å². The van der Waals surface area contributed by atoms with Crippen LogP contribution in [-0.4, -0.2) is 195 Å². The number of ether oxygens (including phenoxy) is 3. The molecule has 302 valence electrons. The Hall–Kier alpha value is -0.206. The van der Waals surface area contributed by atoms with Crippen LogP contribution in [0.4, 0.5) is 0 Å². The molecule has 16 nitrogen and oxygen atoms in total. The second-order valence-electron chi connectivity index (χ2n) is 13.4. The van der Waals surface area contributed by atoms with E-state index < -0.39 is 35.9 Å². The zero-order chi connectivity index (χ0) is 37.7. The van der Waals surface area contributed by atoms with Gasteiger partial charge in [-0.3, -0.25) is 9.80 Å². The Morgan fingerprint density at radius 2 is 0.980 bits per heavy atom. The number of aliphatic hydroxyl groups is 3. The predicted molar refractivity (Wildman–Crippen MR) is 196 cm³/mol. The highest BCUT2D eigenvalue weighted by Gasteiger charge is 2.26. The van der Waals surface area contributed by atoms with Gasteiger partial charge in [0, 0.05) is 90.8 Å². The minimum absolute atomic E-state index is 0.00656. The molecule has 11 N–H and O–H groups in total. The van der Waals surface area contributed by atoms with E-state index in [1.54, 1.807) is 0 Å². The van der Waals surface area contributed by atoms with Gasteiger partial charge in [-0.1, -0.05) is 40.0 Å². The Balaban J connectivity index is 4.89. The number of hydrogen-bond acceptors (Lipinski definition) is 16. The van der Waals surface area contributed by atoms with Crippen LogP contribution < -0.4 is 10.6 Å². The summed E-state index contributed by atoms with van der Waals surface area (Å²) in [7, 11) is -8.25. The predicted octanol–water partition coefficient (Wildman–Crippen LogP) is -1.86. The maximum absolute atomic E-state index is 10.7. The first-order valence-corrected chi connectivity index (χ1v) is 22.8. The molecule has 18 heteroatoms.